The van der Waals surface area contributed by atoms with Gasteiger partial charge in [0.25, 0.3) is 15.9 Å². The van der Waals surface area contributed by atoms with E-state index in [1.54, 1.807) is 31.2 Å². The molecule has 0 atom stereocenters. The van der Waals surface area contributed by atoms with Crippen molar-refractivity contribution < 1.29 is 13.2 Å². The Bertz CT molecular complexity index is 1320. The normalized spacial score (nSPS) is 11.4. The van der Waals surface area contributed by atoms with Gasteiger partial charge in [-0.3, -0.25) is 14.4 Å². The van der Waals surface area contributed by atoms with Crippen molar-refractivity contribution >= 4 is 50.2 Å². The lowest BCUT2D eigenvalue weighted by Crippen LogP contribution is -2.31. The van der Waals surface area contributed by atoms with Crippen LogP contribution in [0.5, 0.6) is 0 Å². The number of nitrogens with zero attached hydrogens (tertiary/aromatic N) is 2. The van der Waals surface area contributed by atoms with E-state index in [1.807, 2.05) is 30.3 Å². The van der Waals surface area contributed by atoms with Gasteiger partial charge in [-0.1, -0.05) is 41.9 Å². The molecule has 1 amide bonds. The van der Waals surface area contributed by atoms with E-state index in [4.69, 9.17) is 11.6 Å². The summed E-state index contributed by atoms with van der Waals surface area (Å²) in [5.41, 5.74) is 2.03. The van der Waals surface area contributed by atoms with Crippen molar-refractivity contribution in [3.63, 3.8) is 0 Å². The molecule has 4 rings (SSSR count). The molecule has 0 aliphatic heterocycles. The van der Waals surface area contributed by atoms with Crippen molar-refractivity contribution in [2.45, 2.75) is 11.8 Å². The molecule has 0 spiro atoms. The molecule has 1 heterocycles. The first-order valence-electron chi connectivity index (χ1n) is 9.53. The number of para-hydroxylation sites is 3. The van der Waals surface area contributed by atoms with Crippen molar-refractivity contribution in [3.05, 3.63) is 83.4 Å². The van der Waals surface area contributed by atoms with E-state index in [9.17, 15) is 13.2 Å². The Hall–Kier alpha value is -3.36. The standard InChI is InChI=1S/C22H19ClN4O3S/c1-2-27(15-8-4-3-5-9-15)31(29,30)16-12-13-18(23)17(14-16)21(28)26-22-24-19-10-6-7-11-20(19)25-22/h3-14H,2H2,1H3,(H2,24,25,26,28). The number of amides is 1. The van der Waals surface area contributed by atoms with Gasteiger partial charge in [0.15, 0.2) is 0 Å². The highest BCUT2D eigenvalue weighted by Gasteiger charge is 2.25. The average molecular weight is 455 g/mol. The van der Waals surface area contributed by atoms with Crippen molar-refractivity contribution in [1.29, 1.82) is 0 Å². The fourth-order valence-electron chi connectivity index (χ4n) is 3.24. The first-order chi connectivity index (χ1) is 14.9. The summed E-state index contributed by atoms with van der Waals surface area (Å²) in [6.45, 7) is 1.98. The van der Waals surface area contributed by atoms with E-state index >= 15 is 0 Å². The molecule has 0 fully saturated rings. The molecule has 0 aliphatic rings. The van der Waals surface area contributed by atoms with Crippen molar-refractivity contribution in [1.82, 2.24) is 9.97 Å². The minimum absolute atomic E-state index is 0.0302. The molecule has 158 valence electrons. The second-order valence-electron chi connectivity index (χ2n) is 6.70. The first kappa shape index (κ1) is 20.9. The maximum atomic E-state index is 13.3. The van der Waals surface area contributed by atoms with Gasteiger partial charge in [0.05, 0.1) is 32.2 Å². The molecular weight excluding hydrogens is 436 g/mol. The lowest BCUT2D eigenvalue weighted by molar-refractivity contribution is 0.102. The van der Waals surface area contributed by atoms with Crippen LogP contribution in [0.3, 0.4) is 0 Å². The molecule has 1 aromatic heterocycles. The van der Waals surface area contributed by atoms with E-state index in [0.717, 1.165) is 5.52 Å². The number of benzene rings is 3. The molecule has 0 saturated heterocycles. The van der Waals surface area contributed by atoms with Gasteiger partial charge in [-0.2, -0.15) is 0 Å². The van der Waals surface area contributed by atoms with E-state index in [0.29, 0.717) is 11.2 Å². The molecule has 2 N–H and O–H groups in total. The third kappa shape index (κ3) is 4.12. The summed E-state index contributed by atoms with van der Waals surface area (Å²) >= 11 is 6.22. The quantitative estimate of drug-likeness (QED) is 0.442. The Morgan fingerprint density at radius 2 is 1.77 bits per heavy atom. The molecule has 4 aromatic rings. The van der Waals surface area contributed by atoms with Gasteiger partial charge < -0.3 is 4.98 Å². The minimum atomic E-state index is -3.90. The van der Waals surface area contributed by atoms with Crippen LogP contribution in [-0.2, 0) is 10.0 Å². The topological polar surface area (TPSA) is 95.2 Å². The number of carbonyl (C=O) groups is 1. The summed E-state index contributed by atoms with van der Waals surface area (Å²) in [6.07, 6.45) is 0. The van der Waals surface area contributed by atoms with Gasteiger partial charge in [-0.05, 0) is 49.4 Å². The molecule has 7 nitrogen and oxygen atoms in total. The summed E-state index contributed by atoms with van der Waals surface area (Å²) in [5, 5.41) is 2.78. The number of H-pyrrole nitrogens is 1. The lowest BCUT2D eigenvalue weighted by atomic mass is 10.2. The highest BCUT2D eigenvalue weighted by Crippen LogP contribution is 2.27. The SMILES string of the molecule is CCN(c1ccccc1)S(=O)(=O)c1ccc(Cl)c(C(=O)Nc2nc3ccccc3[nH]2)c1. The number of anilines is 2. The third-order valence-corrected chi connectivity index (χ3v) is 6.95. The fraction of sp³-hybridized carbons (Fsp3) is 0.0909. The Labute approximate surface area is 184 Å². The summed E-state index contributed by atoms with van der Waals surface area (Å²) in [5.74, 6) is -0.320. The predicted molar refractivity (Wildman–Crippen MR) is 122 cm³/mol. The van der Waals surface area contributed by atoms with E-state index in [1.165, 1.54) is 22.5 Å². The van der Waals surface area contributed by atoms with Crippen LogP contribution < -0.4 is 9.62 Å². The van der Waals surface area contributed by atoms with Gasteiger partial charge >= 0.3 is 0 Å². The molecule has 31 heavy (non-hydrogen) atoms. The summed E-state index contributed by atoms with van der Waals surface area (Å²) < 4.78 is 27.8. The molecule has 0 saturated carbocycles. The average Bonchev–Trinajstić information content (AvgIpc) is 3.17. The zero-order chi connectivity index (χ0) is 22.0. The number of aromatic amines is 1. The second kappa shape index (κ2) is 8.41. The van der Waals surface area contributed by atoms with Crippen LogP contribution in [0.4, 0.5) is 11.6 Å². The number of rotatable bonds is 6. The highest BCUT2D eigenvalue weighted by atomic mass is 35.5. The van der Waals surface area contributed by atoms with Crippen LogP contribution in [-0.4, -0.2) is 30.8 Å². The maximum Gasteiger partial charge on any atom is 0.264 e. The van der Waals surface area contributed by atoms with Gasteiger partial charge in [-0.25, -0.2) is 13.4 Å². The minimum Gasteiger partial charge on any atom is -0.324 e. The summed E-state index contributed by atoms with van der Waals surface area (Å²) in [7, 11) is -3.90. The Morgan fingerprint density at radius 3 is 2.48 bits per heavy atom. The number of fused-ring (bicyclic) bond motifs is 1. The van der Waals surface area contributed by atoms with Gasteiger partial charge in [-0.15, -0.1) is 0 Å². The van der Waals surface area contributed by atoms with Gasteiger partial charge in [0.2, 0.25) is 5.95 Å². The Balaban J connectivity index is 1.66. The van der Waals surface area contributed by atoms with Crippen LogP contribution in [0, 0.1) is 0 Å². The third-order valence-electron chi connectivity index (χ3n) is 4.72. The number of nitrogens with one attached hydrogen (secondary N) is 2. The number of imidazole rings is 1. The predicted octanol–water partition coefficient (Wildman–Crippen LogP) is 4.68. The molecule has 0 radical (unpaired) electrons. The first-order valence-corrected chi connectivity index (χ1v) is 11.4. The smallest absolute Gasteiger partial charge is 0.264 e. The molecule has 0 unspecified atom stereocenters. The number of halogens is 1. The van der Waals surface area contributed by atoms with Crippen molar-refractivity contribution in [2.75, 3.05) is 16.2 Å². The number of sulfonamides is 1. The van der Waals surface area contributed by atoms with Crippen LogP contribution >= 0.6 is 11.6 Å². The van der Waals surface area contributed by atoms with E-state index in [-0.39, 0.29) is 28.0 Å². The highest BCUT2D eigenvalue weighted by molar-refractivity contribution is 7.92. The second-order valence-corrected chi connectivity index (χ2v) is 8.97. The zero-order valence-corrected chi connectivity index (χ0v) is 18.1. The fourth-order valence-corrected chi connectivity index (χ4v) is 4.94. The van der Waals surface area contributed by atoms with Crippen LogP contribution in [0.15, 0.2) is 77.7 Å². The van der Waals surface area contributed by atoms with Gasteiger partial charge in [0, 0.05) is 6.54 Å². The molecule has 0 bridgehead atoms. The van der Waals surface area contributed by atoms with Gasteiger partial charge in [0.1, 0.15) is 0 Å². The molecule has 0 aliphatic carbocycles. The Kier molecular flexibility index (Phi) is 5.67. The Morgan fingerprint density at radius 1 is 1.06 bits per heavy atom. The van der Waals surface area contributed by atoms with E-state index < -0.39 is 15.9 Å². The van der Waals surface area contributed by atoms with Crippen molar-refractivity contribution in [3.8, 4) is 0 Å². The largest absolute Gasteiger partial charge is 0.324 e. The molecule has 3 aromatic carbocycles. The van der Waals surface area contributed by atoms with Crippen LogP contribution in [0.2, 0.25) is 5.02 Å². The zero-order valence-electron chi connectivity index (χ0n) is 16.5. The molecule has 9 heteroatoms. The summed E-state index contributed by atoms with van der Waals surface area (Å²) in [6, 6.07) is 20.2. The molecular formula is C22H19ClN4O3S. The number of carbonyl (C=O) groups excluding carboxylic acids is 1. The monoisotopic (exact) mass is 454 g/mol. The maximum absolute atomic E-state index is 13.3. The van der Waals surface area contributed by atoms with Crippen LogP contribution in [0.25, 0.3) is 11.0 Å². The summed E-state index contributed by atoms with van der Waals surface area (Å²) in [4.78, 5) is 20.1. The van der Waals surface area contributed by atoms with E-state index in [2.05, 4.69) is 15.3 Å². The van der Waals surface area contributed by atoms with Crippen molar-refractivity contribution in [2.24, 2.45) is 0 Å². The number of hydrogen-bond acceptors (Lipinski definition) is 4. The number of hydrogen-bond donors (Lipinski definition) is 2. The van der Waals surface area contributed by atoms with Crippen LogP contribution in [0.1, 0.15) is 17.3 Å². The number of aromatic nitrogens is 2. The lowest BCUT2D eigenvalue weighted by Gasteiger charge is -2.23.